The number of hydrogen-bond acceptors (Lipinski definition) is 5. The van der Waals surface area contributed by atoms with Crippen LogP contribution in [0.5, 0.6) is 0 Å². The van der Waals surface area contributed by atoms with Crippen LogP contribution in [0.3, 0.4) is 0 Å². The maximum Gasteiger partial charge on any atom is 0.194 e. The van der Waals surface area contributed by atoms with Crippen LogP contribution in [0.25, 0.3) is 4.96 Å². The van der Waals surface area contributed by atoms with E-state index in [1.807, 2.05) is 18.5 Å². The summed E-state index contributed by atoms with van der Waals surface area (Å²) in [7, 11) is 0. The molecule has 0 atom stereocenters. The van der Waals surface area contributed by atoms with E-state index in [1.54, 1.807) is 11.3 Å². The SMILES string of the molecule is Cc1nc2sccn2c1CNCc1ncn[nH]1. The van der Waals surface area contributed by atoms with Crippen LogP contribution in [-0.4, -0.2) is 24.6 Å². The van der Waals surface area contributed by atoms with Crippen molar-refractivity contribution in [1.29, 1.82) is 0 Å². The number of rotatable bonds is 4. The molecule has 0 aromatic carbocycles. The first kappa shape index (κ1) is 10.4. The lowest BCUT2D eigenvalue weighted by atomic mass is 10.3. The maximum absolute atomic E-state index is 4.49. The van der Waals surface area contributed by atoms with Crippen molar-refractivity contribution in [3.05, 3.63) is 35.1 Å². The molecule has 88 valence electrons. The van der Waals surface area contributed by atoms with Gasteiger partial charge in [-0.25, -0.2) is 9.97 Å². The number of aromatic amines is 1. The van der Waals surface area contributed by atoms with Crippen molar-refractivity contribution < 1.29 is 0 Å². The standard InChI is InChI=1S/C10H12N6S/c1-7-8(16-2-3-17-10(16)14-7)4-11-5-9-12-6-13-15-9/h2-3,6,11H,4-5H2,1H3,(H,12,13,15). The molecule has 0 radical (unpaired) electrons. The third kappa shape index (κ3) is 1.94. The van der Waals surface area contributed by atoms with Gasteiger partial charge < -0.3 is 5.32 Å². The van der Waals surface area contributed by atoms with Crippen LogP contribution in [0.1, 0.15) is 17.2 Å². The molecule has 3 aromatic rings. The number of H-pyrrole nitrogens is 1. The molecule has 3 aromatic heterocycles. The van der Waals surface area contributed by atoms with Gasteiger partial charge in [0.15, 0.2) is 4.96 Å². The fourth-order valence-electron chi connectivity index (χ4n) is 1.77. The summed E-state index contributed by atoms with van der Waals surface area (Å²) in [6, 6.07) is 0. The van der Waals surface area contributed by atoms with E-state index < -0.39 is 0 Å². The average molecular weight is 248 g/mol. The minimum Gasteiger partial charge on any atom is -0.304 e. The Labute approximate surface area is 102 Å². The first-order valence-electron chi connectivity index (χ1n) is 5.30. The highest BCUT2D eigenvalue weighted by Crippen LogP contribution is 2.16. The van der Waals surface area contributed by atoms with Gasteiger partial charge in [0.1, 0.15) is 12.2 Å². The van der Waals surface area contributed by atoms with Gasteiger partial charge in [-0.05, 0) is 6.92 Å². The monoisotopic (exact) mass is 248 g/mol. The van der Waals surface area contributed by atoms with E-state index in [4.69, 9.17) is 0 Å². The fourth-order valence-corrected chi connectivity index (χ4v) is 2.55. The van der Waals surface area contributed by atoms with E-state index >= 15 is 0 Å². The Kier molecular flexibility index (Phi) is 2.62. The van der Waals surface area contributed by atoms with Gasteiger partial charge in [-0.1, -0.05) is 0 Å². The van der Waals surface area contributed by atoms with E-state index in [0.29, 0.717) is 6.54 Å². The third-order valence-electron chi connectivity index (χ3n) is 2.61. The molecular weight excluding hydrogens is 236 g/mol. The molecule has 3 heterocycles. The third-order valence-corrected chi connectivity index (χ3v) is 3.37. The van der Waals surface area contributed by atoms with Gasteiger partial charge in [-0.3, -0.25) is 9.50 Å². The Morgan fingerprint density at radius 3 is 3.24 bits per heavy atom. The molecule has 0 amide bonds. The Hall–Kier alpha value is -1.73. The molecule has 17 heavy (non-hydrogen) atoms. The second-order valence-electron chi connectivity index (χ2n) is 3.74. The zero-order valence-corrected chi connectivity index (χ0v) is 10.2. The lowest BCUT2D eigenvalue weighted by molar-refractivity contribution is 0.648. The van der Waals surface area contributed by atoms with Gasteiger partial charge in [0, 0.05) is 18.1 Å². The Balaban J connectivity index is 1.72. The van der Waals surface area contributed by atoms with Crippen molar-refractivity contribution in [3.8, 4) is 0 Å². The number of aryl methyl sites for hydroxylation is 1. The highest BCUT2D eigenvalue weighted by Gasteiger charge is 2.08. The Morgan fingerprint density at radius 1 is 1.47 bits per heavy atom. The zero-order valence-electron chi connectivity index (χ0n) is 9.34. The van der Waals surface area contributed by atoms with Crippen molar-refractivity contribution in [3.63, 3.8) is 0 Å². The lowest BCUT2D eigenvalue weighted by Gasteiger charge is -2.02. The molecule has 0 unspecified atom stereocenters. The average Bonchev–Trinajstić information content (AvgIpc) is 2.98. The molecule has 0 saturated heterocycles. The number of hydrogen-bond donors (Lipinski definition) is 2. The fraction of sp³-hybridized carbons (Fsp3) is 0.300. The van der Waals surface area contributed by atoms with Crippen molar-refractivity contribution >= 4 is 16.3 Å². The predicted molar refractivity (Wildman–Crippen MR) is 64.7 cm³/mol. The molecule has 0 aliphatic carbocycles. The Morgan fingerprint density at radius 2 is 2.41 bits per heavy atom. The van der Waals surface area contributed by atoms with Gasteiger partial charge in [0.05, 0.1) is 17.9 Å². The molecule has 0 aliphatic heterocycles. The lowest BCUT2D eigenvalue weighted by Crippen LogP contribution is -2.15. The Bertz CT molecular complexity index is 608. The zero-order chi connectivity index (χ0) is 11.7. The number of nitrogens with zero attached hydrogens (tertiary/aromatic N) is 4. The normalized spacial score (nSPS) is 11.4. The molecule has 0 aliphatic rings. The van der Waals surface area contributed by atoms with Crippen molar-refractivity contribution in [2.24, 2.45) is 0 Å². The summed E-state index contributed by atoms with van der Waals surface area (Å²) in [5.41, 5.74) is 2.27. The summed E-state index contributed by atoms with van der Waals surface area (Å²) in [6.07, 6.45) is 3.56. The van der Waals surface area contributed by atoms with E-state index in [9.17, 15) is 0 Å². The highest BCUT2D eigenvalue weighted by atomic mass is 32.1. The largest absolute Gasteiger partial charge is 0.304 e. The summed E-state index contributed by atoms with van der Waals surface area (Å²) < 4.78 is 2.12. The van der Waals surface area contributed by atoms with Crippen LogP contribution in [0.2, 0.25) is 0 Å². The van der Waals surface area contributed by atoms with Gasteiger partial charge in [-0.15, -0.1) is 11.3 Å². The molecule has 0 fully saturated rings. The number of imidazole rings is 1. The minimum atomic E-state index is 0.677. The number of nitrogens with one attached hydrogen (secondary N) is 2. The summed E-state index contributed by atoms with van der Waals surface area (Å²) in [4.78, 5) is 9.60. The summed E-state index contributed by atoms with van der Waals surface area (Å²) in [5, 5.41) is 12.0. The van der Waals surface area contributed by atoms with Gasteiger partial charge >= 0.3 is 0 Å². The van der Waals surface area contributed by atoms with Gasteiger partial charge in [0.2, 0.25) is 0 Å². The van der Waals surface area contributed by atoms with Crippen molar-refractivity contribution in [2.45, 2.75) is 20.0 Å². The summed E-state index contributed by atoms with van der Waals surface area (Å²) >= 11 is 1.65. The topological polar surface area (TPSA) is 70.9 Å². The van der Waals surface area contributed by atoms with Crippen LogP contribution in [0.4, 0.5) is 0 Å². The predicted octanol–water partition coefficient (Wildman–Crippen LogP) is 1.11. The van der Waals surface area contributed by atoms with E-state index in [2.05, 4.69) is 29.9 Å². The second-order valence-corrected chi connectivity index (χ2v) is 4.61. The van der Waals surface area contributed by atoms with Crippen LogP contribution < -0.4 is 5.32 Å². The molecular formula is C10H12N6S. The number of aromatic nitrogens is 5. The second kappa shape index (κ2) is 4.27. The number of thiazole rings is 1. The van der Waals surface area contributed by atoms with Crippen LogP contribution >= 0.6 is 11.3 Å². The summed E-state index contributed by atoms with van der Waals surface area (Å²) in [6.45, 7) is 3.48. The van der Waals surface area contributed by atoms with Crippen molar-refractivity contribution in [2.75, 3.05) is 0 Å². The van der Waals surface area contributed by atoms with Gasteiger partial charge in [-0.2, -0.15) is 5.10 Å². The quantitative estimate of drug-likeness (QED) is 0.725. The molecule has 3 rings (SSSR count). The molecule has 2 N–H and O–H groups in total. The highest BCUT2D eigenvalue weighted by molar-refractivity contribution is 7.15. The smallest absolute Gasteiger partial charge is 0.194 e. The first-order valence-corrected chi connectivity index (χ1v) is 6.18. The number of fused-ring (bicyclic) bond motifs is 1. The van der Waals surface area contributed by atoms with E-state index in [1.165, 1.54) is 12.0 Å². The van der Waals surface area contributed by atoms with E-state index in [0.717, 1.165) is 23.0 Å². The van der Waals surface area contributed by atoms with Gasteiger partial charge in [0.25, 0.3) is 0 Å². The van der Waals surface area contributed by atoms with Crippen LogP contribution in [0.15, 0.2) is 17.9 Å². The van der Waals surface area contributed by atoms with Crippen LogP contribution in [0, 0.1) is 6.92 Å². The molecule has 0 spiro atoms. The summed E-state index contributed by atoms with van der Waals surface area (Å²) in [5.74, 6) is 0.841. The van der Waals surface area contributed by atoms with E-state index in [-0.39, 0.29) is 0 Å². The van der Waals surface area contributed by atoms with Crippen LogP contribution in [-0.2, 0) is 13.1 Å². The minimum absolute atomic E-state index is 0.677. The molecule has 0 saturated carbocycles. The first-order chi connectivity index (χ1) is 8.34. The maximum atomic E-state index is 4.49. The molecule has 7 heteroatoms. The van der Waals surface area contributed by atoms with Crippen molar-refractivity contribution in [1.82, 2.24) is 29.9 Å². The molecule has 0 bridgehead atoms. The molecule has 6 nitrogen and oxygen atoms in total.